The molecule has 84 valence electrons. The predicted octanol–water partition coefficient (Wildman–Crippen LogP) is 1.59. The lowest BCUT2D eigenvalue weighted by atomic mass is 10.1. The summed E-state index contributed by atoms with van der Waals surface area (Å²) in [5.74, 6) is -2.71. The topological polar surface area (TPSA) is 80.4 Å². The first-order valence-corrected chi connectivity index (χ1v) is 4.49. The van der Waals surface area contributed by atoms with Crippen molar-refractivity contribution in [3.63, 3.8) is 0 Å². The van der Waals surface area contributed by atoms with E-state index in [1.807, 2.05) is 0 Å². The number of carbonyl (C=O) groups excluding carboxylic acids is 1. The molecular weight excluding hydrogens is 237 g/mol. The Bertz CT molecular complexity index is 485. The molecule has 1 aromatic rings. The van der Waals surface area contributed by atoms with Crippen molar-refractivity contribution in [2.24, 2.45) is 5.73 Å². The third kappa shape index (κ3) is 2.80. The number of carboxylic acid groups (broad SMARTS) is 1. The van der Waals surface area contributed by atoms with Gasteiger partial charge in [-0.15, -0.1) is 0 Å². The van der Waals surface area contributed by atoms with Gasteiger partial charge in [0.25, 0.3) is 0 Å². The quantitative estimate of drug-likeness (QED) is 0.624. The van der Waals surface area contributed by atoms with Gasteiger partial charge in [0, 0.05) is 11.6 Å². The Balaban J connectivity index is 3.02. The van der Waals surface area contributed by atoms with Crippen LogP contribution < -0.4 is 5.73 Å². The predicted molar refractivity (Wildman–Crippen MR) is 55.6 cm³/mol. The van der Waals surface area contributed by atoms with Crippen LogP contribution >= 0.6 is 11.6 Å². The Kier molecular flexibility index (Phi) is 3.63. The maximum absolute atomic E-state index is 12.8. The zero-order chi connectivity index (χ0) is 12.3. The van der Waals surface area contributed by atoms with Gasteiger partial charge in [-0.25, -0.2) is 9.18 Å². The Hall–Kier alpha value is -1.88. The Morgan fingerprint density at radius 2 is 2.06 bits per heavy atom. The highest BCUT2D eigenvalue weighted by molar-refractivity contribution is 6.31. The summed E-state index contributed by atoms with van der Waals surface area (Å²) in [6.45, 7) is 0. The number of hydrogen-bond donors (Lipinski definition) is 2. The molecule has 4 nitrogen and oxygen atoms in total. The molecule has 0 atom stereocenters. The third-order valence-electron chi connectivity index (χ3n) is 1.74. The second-order valence-corrected chi connectivity index (χ2v) is 3.31. The molecule has 0 radical (unpaired) electrons. The molecule has 0 saturated carbocycles. The van der Waals surface area contributed by atoms with E-state index in [9.17, 15) is 14.0 Å². The van der Waals surface area contributed by atoms with Crippen LogP contribution in [0.1, 0.15) is 10.4 Å². The Labute approximate surface area is 95.1 Å². The summed E-state index contributed by atoms with van der Waals surface area (Å²) in [5, 5.41) is 8.23. The maximum Gasteiger partial charge on any atom is 0.351 e. The summed E-state index contributed by atoms with van der Waals surface area (Å²) in [7, 11) is 0. The minimum atomic E-state index is -1.40. The number of nitrogens with two attached hydrogens (primary N) is 1. The van der Waals surface area contributed by atoms with E-state index in [1.165, 1.54) is 6.07 Å². The number of halogens is 2. The van der Waals surface area contributed by atoms with E-state index in [0.29, 0.717) is 0 Å². The highest BCUT2D eigenvalue weighted by Crippen LogP contribution is 2.16. The van der Waals surface area contributed by atoms with Crippen LogP contribution in [0.3, 0.4) is 0 Å². The first kappa shape index (κ1) is 12.2. The van der Waals surface area contributed by atoms with E-state index >= 15 is 0 Å². The highest BCUT2D eigenvalue weighted by atomic mass is 35.5. The number of allylic oxidation sites excluding steroid dienone is 1. The van der Waals surface area contributed by atoms with E-state index in [4.69, 9.17) is 22.4 Å². The molecule has 0 unspecified atom stereocenters. The fourth-order valence-corrected chi connectivity index (χ4v) is 1.12. The second kappa shape index (κ2) is 4.76. The molecule has 0 bridgehead atoms. The van der Waals surface area contributed by atoms with Crippen LogP contribution in [-0.4, -0.2) is 16.9 Å². The number of aliphatic carboxylic acids is 1. The molecule has 0 aliphatic heterocycles. The van der Waals surface area contributed by atoms with E-state index in [2.05, 4.69) is 0 Å². The maximum atomic E-state index is 12.8. The van der Waals surface area contributed by atoms with Crippen molar-refractivity contribution in [3.05, 3.63) is 46.4 Å². The highest BCUT2D eigenvalue weighted by Gasteiger charge is 2.09. The Morgan fingerprint density at radius 1 is 1.44 bits per heavy atom. The van der Waals surface area contributed by atoms with Gasteiger partial charge in [0.1, 0.15) is 11.5 Å². The number of benzene rings is 1. The number of hydrogen-bond acceptors (Lipinski definition) is 3. The molecular formula is C10H7ClFNO3. The third-order valence-corrected chi connectivity index (χ3v) is 2.03. The lowest BCUT2D eigenvalue weighted by Gasteiger charge is -1.99. The average molecular weight is 244 g/mol. The summed E-state index contributed by atoms with van der Waals surface area (Å²) < 4.78 is 12.8. The zero-order valence-corrected chi connectivity index (χ0v) is 8.66. The van der Waals surface area contributed by atoms with Gasteiger partial charge in [-0.1, -0.05) is 11.6 Å². The van der Waals surface area contributed by atoms with Crippen molar-refractivity contribution in [2.75, 3.05) is 0 Å². The molecule has 0 saturated heterocycles. The molecule has 0 aliphatic carbocycles. The van der Waals surface area contributed by atoms with Crippen LogP contribution in [0.2, 0.25) is 5.02 Å². The second-order valence-electron chi connectivity index (χ2n) is 2.90. The van der Waals surface area contributed by atoms with Crippen LogP contribution in [-0.2, 0) is 4.79 Å². The normalized spacial score (nSPS) is 11.2. The first-order valence-electron chi connectivity index (χ1n) is 4.11. The van der Waals surface area contributed by atoms with Gasteiger partial charge in [0.2, 0.25) is 0 Å². The van der Waals surface area contributed by atoms with Crippen LogP contribution in [0.4, 0.5) is 4.39 Å². The van der Waals surface area contributed by atoms with Crippen LogP contribution in [0.5, 0.6) is 0 Å². The van der Waals surface area contributed by atoms with Crippen molar-refractivity contribution in [1.82, 2.24) is 0 Å². The van der Waals surface area contributed by atoms with Gasteiger partial charge < -0.3 is 10.8 Å². The van der Waals surface area contributed by atoms with Gasteiger partial charge in [-0.05, 0) is 18.2 Å². The molecule has 0 heterocycles. The molecule has 1 aromatic carbocycles. The van der Waals surface area contributed by atoms with Gasteiger partial charge in [-0.2, -0.15) is 0 Å². The van der Waals surface area contributed by atoms with Crippen molar-refractivity contribution < 1.29 is 19.1 Å². The lowest BCUT2D eigenvalue weighted by Crippen LogP contribution is -2.12. The molecule has 1 rings (SSSR count). The van der Waals surface area contributed by atoms with E-state index in [1.54, 1.807) is 0 Å². The monoisotopic (exact) mass is 243 g/mol. The summed E-state index contributed by atoms with van der Waals surface area (Å²) in [4.78, 5) is 21.8. The number of rotatable bonds is 3. The van der Waals surface area contributed by atoms with Crippen molar-refractivity contribution >= 4 is 23.4 Å². The molecule has 0 aliphatic rings. The molecule has 0 fully saturated rings. The fourth-order valence-electron chi connectivity index (χ4n) is 0.936. The van der Waals surface area contributed by atoms with Gasteiger partial charge in [0.15, 0.2) is 5.78 Å². The van der Waals surface area contributed by atoms with Gasteiger partial charge >= 0.3 is 5.97 Å². The summed E-state index contributed by atoms with van der Waals surface area (Å²) >= 11 is 5.46. The SMILES string of the molecule is N/C(=C\C(=O)c1ccc(F)c(Cl)c1)C(=O)O. The smallest absolute Gasteiger partial charge is 0.351 e. The van der Waals surface area contributed by atoms with E-state index in [0.717, 1.165) is 18.2 Å². The zero-order valence-electron chi connectivity index (χ0n) is 7.91. The minimum Gasteiger partial charge on any atom is -0.477 e. The number of carboxylic acids is 1. The summed E-state index contributed by atoms with van der Waals surface area (Å²) in [5.41, 5.74) is 4.53. The summed E-state index contributed by atoms with van der Waals surface area (Å²) in [6, 6.07) is 3.31. The van der Waals surface area contributed by atoms with Gasteiger partial charge in [0.05, 0.1) is 5.02 Å². The van der Waals surface area contributed by atoms with Crippen molar-refractivity contribution in [3.8, 4) is 0 Å². The van der Waals surface area contributed by atoms with Crippen LogP contribution in [0.25, 0.3) is 0 Å². The standard InChI is InChI=1S/C10H7ClFNO3/c11-6-3-5(1-2-7(6)12)9(14)4-8(13)10(15)16/h1-4H,13H2,(H,15,16)/b8-4-. The van der Waals surface area contributed by atoms with Gasteiger partial charge in [-0.3, -0.25) is 4.79 Å². The molecule has 3 N–H and O–H groups in total. The minimum absolute atomic E-state index is 0.0654. The molecule has 0 spiro atoms. The van der Waals surface area contributed by atoms with Crippen molar-refractivity contribution in [1.29, 1.82) is 0 Å². The fraction of sp³-hybridized carbons (Fsp3) is 0. The number of ketones is 1. The van der Waals surface area contributed by atoms with Crippen LogP contribution in [0.15, 0.2) is 30.0 Å². The van der Waals surface area contributed by atoms with Crippen LogP contribution in [0, 0.1) is 5.82 Å². The van der Waals surface area contributed by atoms with E-state index < -0.39 is 23.3 Å². The van der Waals surface area contributed by atoms with Crippen molar-refractivity contribution in [2.45, 2.75) is 0 Å². The molecule has 0 amide bonds. The number of carbonyl (C=O) groups is 2. The average Bonchev–Trinajstić information content (AvgIpc) is 2.21. The lowest BCUT2D eigenvalue weighted by molar-refractivity contribution is -0.132. The molecule has 6 heteroatoms. The van der Waals surface area contributed by atoms with E-state index in [-0.39, 0.29) is 10.6 Å². The first-order chi connectivity index (χ1) is 7.41. The molecule has 16 heavy (non-hydrogen) atoms. The Morgan fingerprint density at radius 3 is 2.56 bits per heavy atom. The summed E-state index contributed by atoms with van der Waals surface area (Å²) in [6.07, 6.45) is 0.742. The molecule has 0 aromatic heterocycles. The largest absolute Gasteiger partial charge is 0.477 e.